The van der Waals surface area contributed by atoms with Crippen molar-refractivity contribution in [3.05, 3.63) is 78.4 Å². The van der Waals surface area contributed by atoms with Crippen LogP contribution in [0.5, 0.6) is 0 Å². The van der Waals surface area contributed by atoms with Gasteiger partial charge in [-0.15, -0.1) is 0 Å². The van der Waals surface area contributed by atoms with Crippen LogP contribution in [0, 0.1) is 11.3 Å². The van der Waals surface area contributed by atoms with E-state index in [1.54, 1.807) is 0 Å². The van der Waals surface area contributed by atoms with Crippen molar-refractivity contribution in [3.8, 4) is 11.8 Å². The fraction of sp³-hybridized carbons (Fsp3) is 0.107. The molecule has 0 radical (unpaired) electrons. The van der Waals surface area contributed by atoms with Gasteiger partial charge in [-0.2, -0.15) is 5.26 Å². The molecule has 0 fully saturated rings. The van der Waals surface area contributed by atoms with Crippen LogP contribution in [-0.4, -0.2) is 10.6 Å². The highest BCUT2D eigenvalue weighted by Gasteiger charge is 2.31. The molecule has 0 saturated carbocycles. The van der Waals surface area contributed by atoms with Crippen LogP contribution in [0.2, 0.25) is 0 Å². The van der Waals surface area contributed by atoms with Crippen LogP contribution in [0.3, 0.4) is 0 Å². The van der Waals surface area contributed by atoms with Crippen molar-refractivity contribution in [1.29, 1.82) is 5.26 Å². The molecule has 6 aromatic rings. The van der Waals surface area contributed by atoms with Gasteiger partial charge in [0.25, 0.3) is 0 Å². The number of hydrogen-bond donors (Lipinski definition) is 0. The molecular weight excluding hydrogens is 394 g/mol. The van der Waals surface area contributed by atoms with Crippen molar-refractivity contribution < 1.29 is 4.42 Å². The third-order valence-electron chi connectivity index (χ3n) is 6.64. The third kappa shape index (κ3) is 2.01. The summed E-state index contributed by atoms with van der Waals surface area (Å²) in [5.74, 6) is 0. The fourth-order valence-corrected chi connectivity index (χ4v) is 5.41. The maximum absolute atomic E-state index is 9.59. The minimum Gasteiger partial charge on any atom is -0.455 e. The average Bonchev–Trinajstić information content (AvgIpc) is 3.35. The SMILES string of the molecule is CC(C)N1c2cc(C#N)ccc2-n2c3ccccc3c3c4oc5ccccc5c4cc1c32. The van der Waals surface area contributed by atoms with Crippen LogP contribution in [0.4, 0.5) is 11.4 Å². The first kappa shape index (κ1) is 17.5. The van der Waals surface area contributed by atoms with Gasteiger partial charge in [0.1, 0.15) is 11.2 Å². The molecule has 0 aliphatic carbocycles. The summed E-state index contributed by atoms with van der Waals surface area (Å²) in [7, 11) is 0. The van der Waals surface area contributed by atoms with E-state index in [9.17, 15) is 5.26 Å². The molecule has 0 atom stereocenters. The Morgan fingerprint density at radius 2 is 1.59 bits per heavy atom. The van der Waals surface area contributed by atoms with Crippen molar-refractivity contribution in [2.75, 3.05) is 4.90 Å². The first-order valence-corrected chi connectivity index (χ1v) is 10.9. The molecule has 0 spiro atoms. The van der Waals surface area contributed by atoms with Gasteiger partial charge < -0.3 is 13.9 Å². The lowest BCUT2D eigenvalue weighted by molar-refractivity contribution is 0.673. The highest BCUT2D eigenvalue weighted by molar-refractivity contribution is 6.28. The summed E-state index contributed by atoms with van der Waals surface area (Å²) >= 11 is 0. The molecule has 3 heterocycles. The van der Waals surface area contributed by atoms with Crippen molar-refractivity contribution in [1.82, 2.24) is 4.57 Å². The smallest absolute Gasteiger partial charge is 0.145 e. The molecule has 0 bridgehead atoms. The summed E-state index contributed by atoms with van der Waals surface area (Å²) in [5, 5.41) is 14.2. The average molecular weight is 413 g/mol. The van der Waals surface area contributed by atoms with E-state index in [4.69, 9.17) is 4.42 Å². The zero-order valence-electron chi connectivity index (χ0n) is 17.8. The number of nitriles is 1. The number of fused-ring (bicyclic) bond motifs is 9. The van der Waals surface area contributed by atoms with Gasteiger partial charge in [0.15, 0.2) is 0 Å². The Kier molecular flexibility index (Phi) is 3.23. The standard InChI is InChI=1S/C28H19N3O/c1-16(2)30-23-13-17(15-29)11-12-22(23)31-21-9-5-3-8-19(21)26-27(31)24(30)14-20-18-7-4-6-10-25(18)32-28(20)26/h3-14,16H,1-2H3. The van der Waals surface area contributed by atoms with E-state index in [0.29, 0.717) is 5.56 Å². The molecular formula is C28H19N3O. The molecule has 152 valence electrons. The Morgan fingerprint density at radius 3 is 2.41 bits per heavy atom. The van der Waals surface area contributed by atoms with E-state index >= 15 is 0 Å². The fourth-order valence-electron chi connectivity index (χ4n) is 5.41. The minimum atomic E-state index is 0.216. The largest absolute Gasteiger partial charge is 0.455 e. The quantitative estimate of drug-likeness (QED) is 0.282. The van der Waals surface area contributed by atoms with E-state index in [-0.39, 0.29) is 6.04 Å². The molecule has 0 unspecified atom stereocenters. The van der Waals surface area contributed by atoms with Gasteiger partial charge in [0.2, 0.25) is 0 Å². The number of benzene rings is 4. The number of aromatic nitrogens is 1. The van der Waals surface area contributed by atoms with E-state index in [1.807, 2.05) is 24.3 Å². The van der Waals surface area contributed by atoms with Crippen LogP contribution in [-0.2, 0) is 0 Å². The minimum absolute atomic E-state index is 0.216. The van der Waals surface area contributed by atoms with Crippen LogP contribution >= 0.6 is 0 Å². The molecule has 1 aliphatic heterocycles. The lowest BCUT2D eigenvalue weighted by atomic mass is 10.0. The molecule has 4 aromatic carbocycles. The van der Waals surface area contributed by atoms with Crippen molar-refractivity contribution in [3.63, 3.8) is 0 Å². The predicted octanol–water partition coefficient (Wildman–Crippen LogP) is 7.41. The highest BCUT2D eigenvalue weighted by atomic mass is 16.3. The van der Waals surface area contributed by atoms with Crippen LogP contribution in [0.1, 0.15) is 19.4 Å². The molecule has 0 amide bonds. The summed E-state index contributed by atoms with van der Waals surface area (Å²) in [6.45, 7) is 4.40. The van der Waals surface area contributed by atoms with Crippen LogP contribution in [0.25, 0.3) is 49.4 Å². The summed E-state index contributed by atoms with van der Waals surface area (Å²) in [4.78, 5) is 2.36. The Labute approximate surface area is 184 Å². The highest BCUT2D eigenvalue weighted by Crippen LogP contribution is 2.51. The number of nitrogens with zero attached hydrogens (tertiary/aromatic N) is 3. The van der Waals surface area contributed by atoms with E-state index < -0.39 is 0 Å². The summed E-state index contributed by atoms with van der Waals surface area (Å²) in [5.41, 5.74) is 8.09. The number of para-hydroxylation sites is 2. The Bertz CT molecular complexity index is 1780. The van der Waals surface area contributed by atoms with E-state index in [2.05, 4.69) is 77.9 Å². The maximum atomic E-state index is 9.59. The molecule has 2 aromatic heterocycles. The van der Waals surface area contributed by atoms with Gasteiger partial charge in [-0.25, -0.2) is 0 Å². The zero-order chi connectivity index (χ0) is 21.6. The normalized spacial score (nSPS) is 12.9. The van der Waals surface area contributed by atoms with E-state index in [1.165, 1.54) is 5.39 Å². The zero-order valence-corrected chi connectivity index (χ0v) is 17.8. The summed E-state index contributed by atoms with van der Waals surface area (Å²) < 4.78 is 8.79. The molecule has 32 heavy (non-hydrogen) atoms. The van der Waals surface area contributed by atoms with Gasteiger partial charge in [0, 0.05) is 22.2 Å². The molecule has 4 heteroatoms. The molecule has 0 N–H and O–H groups in total. The molecule has 7 rings (SSSR count). The second-order valence-corrected chi connectivity index (χ2v) is 8.73. The molecule has 1 aliphatic rings. The number of furan rings is 1. The summed E-state index contributed by atoms with van der Waals surface area (Å²) in [6.07, 6.45) is 0. The van der Waals surface area contributed by atoms with Crippen molar-refractivity contribution in [2.45, 2.75) is 19.9 Å². The van der Waals surface area contributed by atoms with Gasteiger partial charge in [-0.3, -0.25) is 0 Å². The Hall–Kier alpha value is -4.23. The predicted molar refractivity (Wildman–Crippen MR) is 130 cm³/mol. The van der Waals surface area contributed by atoms with Gasteiger partial charge in [-0.1, -0.05) is 36.4 Å². The maximum Gasteiger partial charge on any atom is 0.145 e. The number of anilines is 2. The first-order valence-electron chi connectivity index (χ1n) is 10.9. The monoisotopic (exact) mass is 413 g/mol. The van der Waals surface area contributed by atoms with Gasteiger partial charge in [-0.05, 0) is 50.2 Å². The topological polar surface area (TPSA) is 45.1 Å². The second-order valence-electron chi connectivity index (χ2n) is 8.73. The lowest BCUT2D eigenvalue weighted by Gasteiger charge is -2.36. The second kappa shape index (κ2) is 5.93. The third-order valence-corrected chi connectivity index (χ3v) is 6.64. The van der Waals surface area contributed by atoms with Crippen molar-refractivity contribution >= 4 is 55.1 Å². The lowest BCUT2D eigenvalue weighted by Crippen LogP contribution is -2.29. The Balaban J connectivity index is 1.79. The van der Waals surface area contributed by atoms with Crippen LogP contribution < -0.4 is 4.90 Å². The van der Waals surface area contributed by atoms with Gasteiger partial charge in [0.05, 0.1) is 45.1 Å². The first-order chi connectivity index (χ1) is 15.7. The summed E-state index contributed by atoms with van der Waals surface area (Å²) in [6, 6.07) is 27.5. The van der Waals surface area contributed by atoms with E-state index in [0.717, 1.165) is 55.4 Å². The molecule has 4 nitrogen and oxygen atoms in total. The van der Waals surface area contributed by atoms with Gasteiger partial charge >= 0.3 is 0 Å². The van der Waals surface area contributed by atoms with Crippen molar-refractivity contribution in [2.24, 2.45) is 0 Å². The number of rotatable bonds is 1. The van der Waals surface area contributed by atoms with Crippen LogP contribution in [0.15, 0.2) is 77.2 Å². The molecule has 0 saturated heterocycles. The number of hydrogen-bond acceptors (Lipinski definition) is 3. The Morgan fingerprint density at radius 1 is 0.812 bits per heavy atom.